The number of carbonyl (C=O) groups excluding carboxylic acids is 1. The molecule has 0 saturated carbocycles. The molecule has 0 unspecified atom stereocenters. The summed E-state index contributed by atoms with van der Waals surface area (Å²) in [6, 6.07) is 7.35. The molecule has 0 amide bonds. The van der Waals surface area contributed by atoms with Gasteiger partial charge < -0.3 is 14.8 Å². The molecule has 1 aromatic rings. The highest BCUT2D eigenvalue weighted by molar-refractivity contribution is 5.89. The van der Waals surface area contributed by atoms with Crippen LogP contribution in [-0.4, -0.2) is 32.3 Å². The van der Waals surface area contributed by atoms with Crippen molar-refractivity contribution in [1.29, 1.82) is 0 Å². The Morgan fingerprint density at radius 1 is 1.16 bits per heavy atom. The summed E-state index contributed by atoms with van der Waals surface area (Å²) in [5.74, 6) is -0.306. The molecule has 0 atom stereocenters. The SMILES string of the molecule is CCCCNc1ccc(C(=O)OCCOCC)cc1. The minimum absolute atomic E-state index is 0.295. The van der Waals surface area contributed by atoms with Crippen LogP contribution in [0.4, 0.5) is 5.69 Å². The van der Waals surface area contributed by atoms with Crippen molar-refractivity contribution in [3.63, 3.8) is 0 Å². The van der Waals surface area contributed by atoms with Crippen molar-refractivity contribution in [2.24, 2.45) is 0 Å². The van der Waals surface area contributed by atoms with Crippen LogP contribution in [0.5, 0.6) is 0 Å². The van der Waals surface area contributed by atoms with E-state index < -0.39 is 0 Å². The molecule has 0 radical (unpaired) electrons. The van der Waals surface area contributed by atoms with Crippen molar-refractivity contribution in [1.82, 2.24) is 0 Å². The molecule has 4 heteroatoms. The standard InChI is InChI=1S/C15H23NO3/c1-3-5-10-16-14-8-6-13(7-9-14)15(17)19-12-11-18-4-2/h6-9,16H,3-5,10-12H2,1-2H3. The molecule has 0 heterocycles. The fourth-order valence-electron chi connectivity index (χ4n) is 1.55. The maximum atomic E-state index is 11.7. The molecule has 4 nitrogen and oxygen atoms in total. The number of unbranched alkanes of at least 4 members (excludes halogenated alkanes) is 1. The van der Waals surface area contributed by atoms with Crippen molar-refractivity contribution < 1.29 is 14.3 Å². The lowest BCUT2D eigenvalue weighted by molar-refractivity contribution is 0.0335. The minimum atomic E-state index is -0.306. The van der Waals surface area contributed by atoms with Crippen LogP contribution in [0.15, 0.2) is 24.3 Å². The van der Waals surface area contributed by atoms with Gasteiger partial charge in [0.25, 0.3) is 0 Å². The first-order valence-corrected chi connectivity index (χ1v) is 6.86. The molecule has 0 aliphatic rings. The number of esters is 1. The van der Waals surface area contributed by atoms with Crippen LogP contribution in [0.1, 0.15) is 37.0 Å². The molecule has 1 N–H and O–H groups in total. The Bertz CT molecular complexity index is 362. The Labute approximate surface area is 115 Å². The number of carbonyl (C=O) groups is 1. The van der Waals surface area contributed by atoms with E-state index in [1.54, 1.807) is 12.1 Å². The first-order chi connectivity index (χ1) is 9.27. The molecule has 0 aliphatic carbocycles. The van der Waals surface area contributed by atoms with Crippen LogP contribution >= 0.6 is 0 Å². The van der Waals surface area contributed by atoms with E-state index in [0.29, 0.717) is 25.4 Å². The summed E-state index contributed by atoms with van der Waals surface area (Å²) in [6.45, 7) is 6.39. The lowest BCUT2D eigenvalue weighted by atomic mass is 10.2. The smallest absolute Gasteiger partial charge is 0.338 e. The third-order valence-electron chi connectivity index (χ3n) is 2.65. The van der Waals surface area contributed by atoms with Crippen LogP contribution in [0.2, 0.25) is 0 Å². The van der Waals surface area contributed by atoms with E-state index in [1.165, 1.54) is 0 Å². The van der Waals surface area contributed by atoms with Gasteiger partial charge >= 0.3 is 5.97 Å². The van der Waals surface area contributed by atoms with Crippen molar-refractivity contribution in [2.45, 2.75) is 26.7 Å². The maximum absolute atomic E-state index is 11.7. The molecular weight excluding hydrogens is 242 g/mol. The van der Waals surface area contributed by atoms with Crippen molar-refractivity contribution >= 4 is 11.7 Å². The summed E-state index contributed by atoms with van der Waals surface area (Å²) < 4.78 is 10.2. The van der Waals surface area contributed by atoms with Gasteiger partial charge in [0, 0.05) is 18.8 Å². The molecule has 0 aliphatic heterocycles. The third kappa shape index (κ3) is 6.25. The molecule has 19 heavy (non-hydrogen) atoms. The maximum Gasteiger partial charge on any atom is 0.338 e. The highest BCUT2D eigenvalue weighted by Gasteiger charge is 2.06. The summed E-state index contributed by atoms with van der Waals surface area (Å²) in [5, 5.41) is 3.30. The zero-order valence-electron chi connectivity index (χ0n) is 11.8. The average Bonchev–Trinajstić information content (AvgIpc) is 2.44. The molecular formula is C15H23NO3. The number of nitrogens with one attached hydrogen (secondary N) is 1. The van der Waals surface area contributed by atoms with Crippen LogP contribution < -0.4 is 5.32 Å². The van der Waals surface area contributed by atoms with Crippen molar-refractivity contribution in [3.8, 4) is 0 Å². The Morgan fingerprint density at radius 3 is 2.53 bits per heavy atom. The number of hydrogen-bond donors (Lipinski definition) is 1. The number of ether oxygens (including phenoxy) is 2. The topological polar surface area (TPSA) is 47.6 Å². The van der Waals surface area contributed by atoms with E-state index in [2.05, 4.69) is 12.2 Å². The Kier molecular flexibility index (Phi) is 7.66. The van der Waals surface area contributed by atoms with Gasteiger partial charge in [-0.15, -0.1) is 0 Å². The van der Waals surface area contributed by atoms with E-state index in [0.717, 1.165) is 25.1 Å². The van der Waals surface area contributed by atoms with Crippen LogP contribution in [-0.2, 0) is 9.47 Å². The Morgan fingerprint density at radius 2 is 1.89 bits per heavy atom. The van der Waals surface area contributed by atoms with Gasteiger partial charge in [-0.1, -0.05) is 13.3 Å². The molecule has 0 bridgehead atoms. The zero-order chi connectivity index (χ0) is 13.9. The number of rotatable bonds is 9. The van der Waals surface area contributed by atoms with Gasteiger partial charge in [-0.2, -0.15) is 0 Å². The quantitative estimate of drug-likeness (QED) is 0.550. The molecule has 0 fully saturated rings. The van der Waals surface area contributed by atoms with Gasteiger partial charge in [-0.05, 0) is 37.6 Å². The fraction of sp³-hybridized carbons (Fsp3) is 0.533. The van der Waals surface area contributed by atoms with Gasteiger partial charge in [-0.25, -0.2) is 4.79 Å². The molecule has 0 aromatic heterocycles. The molecule has 0 spiro atoms. The number of anilines is 1. The van der Waals surface area contributed by atoms with Gasteiger partial charge in [0.05, 0.1) is 12.2 Å². The number of benzene rings is 1. The Balaban J connectivity index is 2.35. The molecule has 106 valence electrons. The van der Waals surface area contributed by atoms with Gasteiger partial charge in [0.1, 0.15) is 6.61 Å². The van der Waals surface area contributed by atoms with E-state index >= 15 is 0 Å². The van der Waals surface area contributed by atoms with E-state index in [9.17, 15) is 4.79 Å². The fourth-order valence-corrected chi connectivity index (χ4v) is 1.55. The molecule has 1 aromatic carbocycles. The van der Waals surface area contributed by atoms with Gasteiger partial charge in [0.15, 0.2) is 0 Å². The zero-order valence-corrected chi connectivity index (χ0v) is 11.8. The summed E-state index contributed by atoms with van der Waals surface area (Å²) >= 11 is 0. The summed E-state index contributed by atoms with van der Waals surface area (Å²) in [4.78, 5) is 11.7. The number of hydrogen-bond acceptors (Lipinski definition) is 4. The predicted octanol–water partition coefficient (Wildman–Crippen LogP) is 3.09. The van der Waals surface area contributed by atoms with Crippen molar-refractivity contribution in [2.75, 3.05) is 31.7 Å². The summed E-state index contributed by atoms with van der Waals surface area (Å²) in [5.41, 5.74) is 1.59. The first-order valence-electron chi connectivity index (χ1n) is 6.86. The summed E-state index contributed by atoms with van der Waals surface area (Å²) in [6.07, 6.45) is 2.30. The Hall–Kier alpha value is -1.55. The largest absolute Gasteiger partial charge is 0.460 e. The highest BCUT2D eigenvalue weighted by atomic mass is 16.6. The van der Waals surface area contributed by atoms with Crippen LogP contribution in [0.3, 0.4) is 0 Å². The average molecular weight is 265 g/mol. The lowest BCUT2D eigenvalue weighted by Gasteiger charge is -2.07. The van der Waals surface area contributed by atoms with E-state index in [4.69, 9.17) is 9.47 Å². The second kappa shape index (κ2) is 9.39. The van der Waals surface area contributed by atoms with Gasteiger partial charge in [0.2, 0.25) is 0 Å². The predicted molar refractivity (Wildman–Crippen MR) is 76.6 cm³/mol. The summed E-state index contributed by atoms with van der Waals surface area (Å²) in [7, 11) is 0. The minimum Gasteiger partial charge on any atom is -0.460 e. The normalized spacial score (nSPS) is 10.2. The van der Waals surface area contributed by atoms with Crippen molar-refractivity contribution in [3.05, 3.63) is 29.8 Å². The van der Waals surface area contributed by atoms with E-state index in [-0.39, 0.29) is 5.97 Å². The monoisotopic (exact) mass is 265 g/mol. The van der Waals surface area contributed by atoms with Gasteiger partial charge in [-0.3, -0.25) is 0 Å². The second-order valence-corrected chi connectivity index (χ2v) is 4.19. The highest BCUT2D eigenvalue weighted by Crippen LogP contribution is 2.10. The van der Waals surface area contributed by atoms with Crippen LogP contribution in [0.25, 0.3) is 0 Å². The van der Waals surface area contributed by atoms with Crippen LogP contribution in [0, 0.1) is 0 Å². The third-order valence-corrected chi connectivity index (χ3v) is 2.65. The molecule has 0 saturated heterocycles. The second-order valence-electron chi connectivity index (χ2n) is 4.19. The first kappa shape index (κ1) is 15.5. The lowest BCUT2D eigenvalue weighted by Crippen LogP contribution is -2.11. The van der Waals surface area contributed by atoms with E-state index in [1.807, 2.05) is 19.1 Å². The molecule has 1 rings (SSSR count).